The third-order valence-electron chi connectivity index (χ3n) is 7.06. The van der Waals surface area contributed by atoms with E-state index in [0.29, 0.717) is 32.7 Å². The Morgan fingerprint density at radius 2 is 2.00 bits per heavy atom. The Hall–Kier alpha value is -2.91. The maximum atomic E-state index is 13.4. The Kier molecular flexibility index (Phi) is 10.7. The Labute approximate surface area is 225 Å². The summed E-state index contributed by atoms with van der Waals surface area (Å²) in [6.45, 7) is 8.60. The van der Waals surface area contributed by atoms with Gasteiger partial charge in [0.25, 0.3) is 5.91 Å². The maximum absolute atomic E-state index is 13.4. The molecular weight excluding hydrogens is 487 g/mol. The van der Waals surface area contributed by atoms with Gasteiger partial charge in [0.05, 0.1) is 25.2 Å². The summed E-state index contributed by atoms with van der Waals surface area (Å²) in [5.74, 6) is -1.34. The van der Waals surface area contributed by atoms with Crippen molar-refractivity contribution in [2.75, 3.05) is 32.8 Å². The van der Waals surface area contributed by atoms with Crippen LogP contribution < -0.4 is 5.32 Å². The predicted octanol–water partition coefficient (Wildman–Crippen LogP) is 1.67. The summed E-state index contributed by atoms with van der Waals surface area (Å²) in [6, 6.07) is 11.3. The highest BCUT2D eigenvalue weighted by Gasteiger charge is 2.33. The molecular formula is C27H39BN4O6. The van der Waals surface area contributed by atoms with Crippen LogP contribution in [0.5, 0.6) is 0 Å². The Balaban J connectivity index is 1.63. The highest BCUT2D eigenvalue weighted by molar-refractivity contribution is 6.43. The van der Waals surface area contributed by atoms with Gasteiger partial charge in [-0.25, -0.2) is 4.79 Å². The van der Waals surface area contributed by atoms with Crippen LogP contribution in [0.25, 0.3) is 0 Å². The average molecular weight is 526 g/mol. The van der Waals surface area contributed by atoms with Gasteiger partial charge in [0.1, 0.15) is 17.7 Å². The quantitative estimate of drug-likeness (QED) is 0.265. The van der Waals surface area contributed by atoms with Crippen LogP contribution in [0, 0.1) is 11.3 Å². The van der Waals surface area contributed by atoms with Gasteiger partial charge in [-0.1, -0.05) is 30.3 Å². The van der Waals surface area contributed by atoms with Gasteiger partial charge < -0.3 is 29.7 Å². The number of nitrogens with one attached hydrogen (secondary N) is 1. The summed E-state index contributed by atoms with van der Waals surface area (Å²) >= 11 is 0. The van der Waals surface area contributed by atoms with Crippen LogP contribution in [0.4, 0.5) is 4.79 Å². The minimum Gasteiger partial charge on any atom is -0.444 e. The lowest BCUT2D eigenvalue weighted by molar-refractivity contribution is -0.127. The number of rotatable bonds is 8. The molecule has 206 valence electrons. The summed E-state index contributed by atoms with van der Waals surface area (Å²) in [5.41, 5.74) is 0.382. The second-order valence-electron chi connectivity index (χ2n) is 10.6. The number of amides is 2. The maximum Gasteiger partial charge on any atom is 0.475 e. The van der Waals surface area contributed by atoms with Crippen molar-refractivity contribution < 1.29 is 29.1 Å². The van der Waals surface area contributed by atoms with E-state index in [1.54, 1.807) is 11.0 Å². The first-order valence-corrected chi connectivity index (χ1v) is 13.2. The number of morpholine rings is 1. The van der Waals surface area contributed by atoms with E-state index in [-0.39, 0.29) is 30.5 Å². The molecule has 0 radical (unpaired) electrons. The molecule has 10 nitrogen and oxygen atoms in total. The zero-order chi connectivity index (χ0) is 27.7. The highest BCUT2D eigenvalue weighted by atomic mass is 16.6. The number of ether oxygens (including phenoxy) is 2. The van der Waals surface area contributed by atoms with Crippen LogP contribution in [-0.2, 0) is 20.7 Å². The topological polar surface area (TPSA) is 135 Å². The Bertz CT molecular complexity index is 1010. The molecule has 2 aliphatic heterocycles. The number of carbonyl (C=O) groups is 2. The molecule has 0 aromatic heterocycles. The summed E-state index contributed by atoms with van der Waals surface area (Å²) < 4.78 is 11.2. The number of benzene rings is 1. The van der Waals surface area contributed by atoms with Gasteiger partial charge in [0, 0.05) is 25.2 Å². The van der Waals surface area contributed by atoms with Gasteiger partial charge >= 0.3 is 13.2 Å². The lowest BCUT2D eigenvalue weighted by Crippen LogP contribution is -2.51. The molecule has 3 N–H and O–H groups in total. The van der Waals surface area contributed by atoms with E-state index in [4.69, 9.17) is 9.47 Å². The standard InChI is InChI=1S/C27H39BN4O6/c1-20-18-32(13-14-37-20)27(2,3)16-22(17-29)25(33)31-12-8-7-11-23(19-31)38-26(34)30-24(28(35)36)15-21-9-5-4-6-10-21/h4-6,9-10,16,20,23-24,35-36H,7-8,11-15,18-19H2,1-3H3,(H,30,34)/t20?,23?,24-/m0/s1. The summed E-state index contributed by atoms with van der Waals surface area (Å²) in [4.78, 5) is 29.8. The molecule has 2 fully saturated rings. The minimum absolute atomic E-state index is 0.0607. The monoisotopic (exact) mass is 526 g/mol. The van der Waals surface area contributed by atoms with E-state index >= 15 is 0 Å². The molecule has 0 spiro atoms. The second kappa shape index (κ2) is 13.8. The number of likely N-dealkylation sites (tertiary alicyclic amines) is 1. The van der Waals surface area contributed by atoms with E-state index in [9.17, 15) is 24.9 Å². The van der Waals surface area contributed by atoms with E-state index in [1.165, 1.54) is 0 Å². The molecule has 2 unspecified atom stereocenters. The molecule has 2 saturated heterocycles. The number of nitriles is 1. The highest BCUT2D eigenvalue weighted by Crippen LogP contribution is 2.23. The van der Waals surface area contributed by atoms with Crippen molar-refractivity contribution in [2.45, 2.75) is 70.1 Å². The predicted molar refractivity (Wildman–Crippen MR) is 143 cm³/mol. The molecule has 2 heterocycles. The van der Waals surface area contributed by atoms with Gasteiger partial charge in [-0.3, -0.25) is 9.69 Å². The van der Waals surface area contributed by atoms with Gasteiger partial charge in [-0.05, 0) is 58.1 Å². The second-order valence-corrected chi connectivity index (χ2v) is 10.6. The molecule has 1 aromatic rings. The van der Waals surface area contributed by atoms with Crippen molar-refractivity contribution in [2.24, 2.45) is 0 Å². The third-order valence-corrected chi connectivity index (χ3v) is 7.06. The van der Waals surface area contributed by atoms with Crippen molar-refractivity contribution in [1.29, 1.82) is 5.26 Å². The number of carbonyl (C=O) groups excluding carboxylic acids is 2. The zero-order valence-corrected chi connectivity index (χ0v) is 22.5. The third kappa shape index (κ3) is 8.56. The molecule has 2 aliphatic rings. The molecule has 2 amide bonds. The van der Waals surface area contributed by atoms with Crippen molar-refractivity contribution in [3.63, 3.8) is 0 Å². The number of nitrogens with zero attached hydrogens (tertiary/aromatic N) is 3. The SMILES string of the molecule is CC1CN(C(C)(C)C=C(C#N)C(=O)N2CCCCC(OC(=O)N[C@@H](Cc3ccccc3)B(O)O)C2)CCO1. The van der Waals surface area contributed by atoms with Crippen LogP contribution in [0.15, 0.2) is 42.0 Å². The number of alkyl carbamates (subject to hydrolysis) is 1. The molecule has 0 bridgehead atoms. The number of hydrogen-bond donors (Lipinski definition) is 3. The van der Waals surface area contributed by atoms with Gasteiger partial charge in [0.2, 0.25) is 0 Å². The van der Waals surface area contributed by atoms with E-state index in [1.807, 2.05) is 51.1 Å². The van der Waals surface area contributed by atoms with Crippen LogP contribution in [-0.4, -0.2) is 95.4 Å². The Morgan fingerprint density at radius 1 is 1.26 bits per heavy atom. The summed E-state index contributed by atoms with van der Waals surface area (Å²) in [5, 5.41) is 31.9. The van der Waals surface area contributed by atoms with Gasteiger partial charge in [-0.15, -0.1) is 0 Å². The van der Waals surface area contributed by atoms with Crippen molar-refractivity contribution in [3.8, 4) is 6.07 Å². The fourth-order valence-corrected chi connectivity index (χ4v) is 4.92. The molecule has 11 heteroatoms. The van der Waals surface area contributed by atoms with Gasteiger partial charge in [-0.2, -0.15) is 5.26 Å². The fraction of sp³-hybridized carbons (Fsp3) is 0.593. The van der Waals surface area contributed by atoms with Crippen LogP contribution in [0.1, 0.15) is 45.6 Å². The van der Waals surface area contributed by atoms with Crippen LogP contribution >= 0.6 is 0 Å². The van der Waals surface area contributed by atoms with Crippen LogP contribution in [0.3, 0.4) is 0 Å². The van der Waals surface area contributed by atoms with Crippen LogP contribution in [0.2, 0.25) is 0 Å². The van der Waals surface area contributed by atoms with Crippen molar-refractivity contribution in [1.82, 2.24) is 15.1 Å². The molecule has 0 saturated carbocycles. The first kappa shape index (κ1) is 29.6. The first-order valence-electron chi connectivity index (χ1n) is 13.2. The van der Waals surface area contributed by atoms with E-state index < -0.39 is 30.8 Å². The lowest BCUT2D eigenvalue weighted by Gasteiger charge is -2.41. The van der Waals surface area contributed by atoms with Gasteiger partial charge in [0.15, 0.2) is 0 Å². The largest absolute Gasteiger partial charge is 0.475 e. The molecule has 38 heavy (non-hydrogen) atoms. The number of hydrogen-bond acceptors (Lipinski definition) is 8. The van der Waals surface area contributed by atoms with E-state index in [0.717, 1.165) is 18.4 Å². The molecule has 0 aliphatic carbocycles. The first-order chi connectivity index (χ1) is 18.1. The van der Waals surface area contributed by atoms with Crippen molar-refractivity contribution in [3.05, 3.63) is 47.5 Å². The molecule has 1 aromatic carbocycles. The van der Waals surface area contributed by atoms with Crippen molar-refractivity contribution >= 4 is 19.1 Å². The summed E-state index contributed by atoms with van der Waals surface area (Å²) in [6.07, 6.45) is 2.69. The molecule has 3 atom stereocenters. The normalized spacial score (nSPS) is 22.1. The lowest BCUT2D eigenvalue weighted by atomic mass is 9.76. The Morgan fingerprint density at radius 3 is 2.66 bits per heavy atom. The zero-order valence-electron chi connectivity index (χ0n) is 22.5. The average Bonchev–Trinajstić information content (AvgIpc) is 3.12. The smallest absolute Gasteiger partial charge is 0.444 e. The molecule has 3 rings (SSSR count). The fourth-order valence-electron chi connectivity index (χ4n) is 4.92. The van der Waals surface area contributed by atoms with E-state index in [2.05, 4.69) is 16.3 Å². The summed E-state index contributed by atoms with van der Waals surface area (Å²) in [7, 11) is -1.77. The minimum atomic E-state index is -1.77.